The molecule has 0 aliphatic carbocycles. The Morgan fingerprint density at radius 2 is 1.78 bits per heavy atom. The number of likely N-dealkylation sites (tertiary alicyclic amines) is 1. The van der Waals surface area contributed by atoms with Gasteiger partial charge in [-0.25, -0.2) is 9.97 Å². The molecular formula is C26H25N5O4S. The topological polar surface area (TPSA) is 113 Å². The van der Waals surface area contributed by atoms with Gasteiger partial charge in [0.2, 0.25) is 11.8 Å². The lowest BCUT2D eigenvalue weighted by atomic mass is 9.91. The second kappa shape index (κ2) is 8.86. The SMILES string of the molecule is Cc1cc2c(C3CCN(Cc4ccc5c(c4)C(=O)N(C4CCC(=O)NC4=O)C5=O)CC3)ncnc2s1. The minimum atomic E-state index is -0.946. The molecule has 3 aromatic rings. The number of nitrogens with zero attached hydrogens (tertiary/aromatic N) is 4. The molecule has 2 aromatic heterocycles. The molecule has 6 rings (SSSR count). The first-order valence-corrected chi connectivity index (χ1v) is 13.0. The van der Waals surface area contributed by atoms with E-state index in [-0.39, 0.29) is 18.7 Å². The van der Waals surface area contributed by atoms with Crippen LogP contribution in [-0.2, 0) is 16.1 Å². The van der Waals surface area contributed by atoms with Crippen LogP contribution in [0.5, 0.6) is 0 Å². The predicted molar refractivity (Wildman–Crippen MR) is 133 cm³/mol. The van der Waals surface area contributed by atoms with Gasteiger partial charge in [0.25, 0.3) is 11.8 Å². The zero-order valence-corrected chi connectivity index (χ0v) is 20.6. The number of aromatic nitrogens is 2. The largest absolute Gasteiger partial charge is 0.299 e. The van der Waals surface area contributed by atoms with Gasteiger partial charge < -0.3 is 0 Å². The van der Waals surface area contributed by atoms with Crippen LogP contribution in [0, 0.1) is 6.92 Å². The molecule has 1 N–H and O–H groups in total. The summed E-state index contributed by atoms with van der Waals surface area (Å²) in [5.74, 6) is -1.53. The normalized spacial score (nSPS) is 21.4. The fourth-order valence-electron chi connectivity index (χ4n) is 5.56. The van der Waals surface area contributed by atoms with Gasteiger partial charge >= 0.3 is 0 Å². The minimum absolute atomic E-state index is 0.109. The highest BCUT2D eigenvalue weighted by Crippen LogP contribution is 2.35. The van der Waals surface area contributed by atoms with Crippen LogP contribution in [0.15, 0.2) is 30.6 Å². The molecule has 2 saturated heterocycles. The van der Waals surface area contributed by atoms with E-state index in [9.17, 15) is 19.2 Å². The molecule has 3 aliphatic rings. The highest BCUT2D eigenvalue weighted by molar-refractivity contribution is 7.18. The Morgan fingerprint density at radius 3 is 2.56 bits per heavy atom. The Morgan fingerprint density at radius 1 is 1.00 bits per heavy atom. The maximum Gasteiger partial charge on any atom is 0.262 e. The summed E-state index contributed by atoms with van der Waals surface area (Å²) in [6, 6.07) is 6.57. The molecule has 3 aliphatic heterocycles. The summed E-state index contributed by atoms with van der Waals surface area (Å²) in [6.07, 6.45) is 3.92. The zero-order chi connectivity index (χ0) is 25.0. The van der Waals surface area contributed by atoms with Crippen LogP contribution < -0.4 is 5.32 Å². The van der Waals surface area contributed by atoms with Crippen LogP contribution in [0.2, 0.25) is 0 Å². The molecule has 0 saturated carbocycles. The van der Waals surface area contributed by atoms with E-state index in [1.54, 1.807) is 29.8 Å². The van der Waals surface area contributed by atoms with Gasteiger partial charge in [0.05, 0.1) is 16.8 Å². The maximum absolute atomic E-state index is 13.1. The number of imide groups is 2. The number of benzene rings is 1. The van der Waals surface area contributed by atoms with Crippen molar-refractivity contribution < 1.29 is 19.2 Å². The zero-order valence-electron chi connectivity index (χ0n) is 19.8. The summed E-state index contributed by atoms with van der Waals surface area (Å²) < 4.78 is 0. The number of hydrogen-bond acceptors (Lipinski definition) is 8. The van der Waals surface area contributed by atoms with Crippen molar-refractivity contribution in [3.05, 3.63) is 57.9 Å². The van der Waals surface area contributed by atoms with Crippen molar-refractivity contribution in [2.24, 2.45) is 0 Å². The average molecular weight is 504 g/mol. The van der Waals surface area contributed by atoms with E-state index in [1.165, 1.54) is 10.3 Å². The lowest BCUT2D eigenvalue weighted by Crippen LogP contribution is -2.54. The van der Waals surface area contributed by atoms with E-state index >= 15 is 0 Å². The molecule has 1 atom stereocenters. The molecule has 184 valence electrons. The molecule has 9 nitrogen and oxygen atoms in total. The number of nitrogens with one attached hydrogen (secondary N) is 1. The van der Waals surface area contributed by atoms with Crippen molar-refractivity contribution in [1.82, 2.24) is 25.1 Å². The minimum Gasteiger partial charge on any atom is -0.299 e. The van der Waals surface area contributed by atoms with Crippen LogP contribution in [-0.4, -0.2) is 62.5 Å². The highest BCUT2D eigenvalue weighted by Gasteiger charge is 2.44. The van der Waals surface area contributed by atoms with Gasteiger partial charge in [0, 0.05) is 29.1 Å². The van der Waals surface area contributed by atoms with E-state index in [0.717, 1.165) is 46.9 Å². The van der Waals surface area contributed by atoms with Crippen LogP contribution >= 0.6 is 11.3 Å². The third-order valence-corrected chi connectivity index (χ3v) is 8.33. The van der Waals surface area contributed by atoms with Gasteiger partial charge in [-0.15, -0.1) is 11.3 Å². The first-order chi connectivity index (χ1) is 17.4. The van der Waals surface area contributed by atoms with Gasteiger partial charge in [0.15, 0.2) is 0 Å². The number of amides is 4. The molecule has 36 heavy (non-hydrogen) atoms. The van der Waals surface area contributed by atoms with Crippen molar-refractivity contribution in [2.75, 3.05) is 13.1 Å². The molecule has 2 fully saturated rings. The lowest BCUT2D eigenvalue weighted by Gasteiger charge is -2.32. The molecule has 0 spiro atoms. The summed E-state index contributed by atoms with van der Waals surface area (Å²) in [5, 5.41) is 3.40. The molecule has 0 bridgehead atoms. The molecule has 1 unspecified atom stereocenters. The summed E-state index contributed by atoms with van der Waals surface area (Å²) in [4.78, 5) is 64.5. The fourth-order valence-corrected chi connectivity index (χ4v) is 6.41. The Kier molecular flexibility index (Phi) is 5.65. The number of carbonyl (C=O) groups excluding carboxylic acids is 4. The molecule has 10 heteroatoms. The molecule has 5 heterocycles. The third-order valence-electron chi connectivity index (χ3n) is 7.37. The van der Waals surface area contributed by atoms with Gasteiger partial charge in [-0.1, -0.05) is 6.07 Å². The Bertz CT molecular complexity index is 1420. The van der Waals surface area contributed by atoms with Crippen LogP contribution in [0.3, 0.4) is 0 Å². The van der Waals surface area contributed by atoms with Crippen molar-refractivity contribution in [3.63, 3.8) is 0 Å². The highest BCUT2D eigenvalue weighted by atomic mass is 32.1. The summed E-state index contributed by atoms with van der Waals surface area (Å²) >= 11 is 1.70. The van der Waals surface area contributed by atoms with Crippen LogP contribution in [0.4, 0.5) is 0 Å². The van der Waals surface area contributed by atoms with Gasteiger partial charge in [0.1, 0.15) is 17.2 Å². The number of rotatable bonds is 4. The predicted octanol–water partition coefficient (Wildman–Crippen LogP) is 2.78. The Hall–Kier alpha value is -3.50. The number of aryl methyl sites for hydroxylation is 1. The number of carbonyl (C=O) groups is 4. The second-order valence-corrected chi connectivity index (χ2v) is 10.9. The first-order valence-electron chi connectivity index (χ1n) is 12.2. The average Bonchev–Trinajstić information content (AvgIpc) is 3.36. The Balaban J connectivity index is 1.14. The quantitative estimate of drug-likeness (QED) is 0.545. The Labute approximate surface area is 211 Å². The monoisotopic (exact) mass is 503 g/mol. The molecule has 4 amide bonds. The van der Waals surface area contributed by atoms with Gasteiger partial charge in [-0.2, -0.15) is 0 Å². The molecule has 0 radical (unpaired) electrons. The van der Waals surface area contributed by atoms with Crippen molar-refractivity contribution in [2.45, 2.75) is 51.1 Å². The van der Waals surface area contributed by atoms with Crippen molar-refractivity contribution >= 4 is 45.2 Å². The number of thiophene rings is 1. The number of fused-ring (bicyclic) bond motifs is 2. The van der Waals surface area contributed by atoms with Crippen LogP contribution in [0.1, 0.15) is 68.5 Å². The van der Waals surface area contributed by atoms with E-state index in [4.69, 9.17) is 0 Å². The maximum atomic E-state index is 13.1. The van der Waals surface area contributed by atoms with Crippen molar-refractivity contribution in [3.8, 4) is 0 Å². The first kappa shape index (κ1) is 22.9. The third kappa shape index (κ3) is 3.90. The second-order valence-electron chi connectivity index (χ2n) is 9.71. The van der Waals surface area contributed by atoms with E-state index in [2.05, 4.69) is 33.2 Å². The summed E-state index contributed by atoms with van der Waals surface area (Å²) in [6.45, 7) is 4.59. The lowest BCUT2D eigenvalue weighted by molar-refractivity contribution is -0.136. The summed E-state index contributed by atoms with van der Waals surface area (Å²) in [7, 11) is 0. The van der Waals surface area contributed by atoms with Crippen molar-refractivity contribution in [1.29, 1.82) is 0 Å². The van der Waals surface area contributed by atoms with Gasteiger partial charge in [-0.05, 0) is 63.0 Å². The molecular weight excluding hydrogens is 478 g/mol. The van der Waals surface area contributed by atoms with E-state index < -0.39 is 23.8 Å². The standard InChI is InChI=1S/C26H25N5O4S/c1-14-10-19-22(27-13-28-24(19)36-14)16-6-8-30(9-7-16)12-15-2-3-17-18(11-15)26(35)31(25(17)34)20-4-5-21(32)29-23(20)33/h2-3,10-11,13,16,20H,4-9,12H2,1H3,(H,29,32,33). The van der Waals surface area contributed by atoms with Crippen LogP contribution in [0.25, 0.3) is 10.2 Å². The summed E-state index contributed by atoms with van der Waals surface area (Å²) in [5.41, 5.74) is 2.73. The number of hydrogen-bond donors (Lipinski definition) is 1. The fraction of sp³-hybridized carbons (Fsp3) is 0.385. The van der Waals surface area contributed by atoms with E-state index in [0.29, 0.717) is 23.6 Å². The smallest absolute Gasteiger partial charge is 0.262 e. The number of piperidine rings is 2. The van der Waals surface area contributed by atoms with E-state index in [1.807, 2.05) is 6.07 Å². The van der Waals surface area contributed by atoms with Gasteiger partial charge in [-0.3, -0.25) is 34.3 Å². The molecule has 1 aromatic carbocycles.